The van der Waals surface area contributed by atoms with Crippen LogP contribution in [0.25, 0.3) is 0 Å². The second-order valence-corrected chi connectivity index (χ2v) is 7.59. The Morgan fingerprint density at radius 2 is 2.04 bits per heavy atom. The number of carbonyl (C=O) groups is 1. The first kappa shape index (κ1) is 17.6. The first-order chi connectivity index (χ1) is 10.6. The average Bonchev–Trinajstić information content (AvgIpc) is 2.46. The van der Waals surface area contributed by atoms with Crippen LogP contribution in [-0.4, -0.2) is 56.9 Å². The Morgan fingerprint density at radius 3 is 2.61 bits per heavy atom. The molecule has 0 aromatic heterocycles. The summed E-state index contributed by atoms with van der Waals surface area (Å²) in [7, 11) is -0.537. The van der Waals surface area contributed by atoms with Crippen LogP contribution in [0.1, 0.15) is 6.42 Å². The molecule has 1 fully saturated rings. The molecule has 1 heterocycles. The summed E-state index contributed by atoms with van der Waals surface area (Å²) in [5.74, 6) is -7.15. The Morgan fingerprint density at radius 1 is 1.39 bits per heavy atom. The van der Waals surface area contributed by atoms with Crippen LogP contribution < -0.4 is 4.90 Å². The van der Waals surface area contributed by atoms with Crippen molar-refractivity contribution >= 4 is 21.7 Å². The number of sulfonamides is 1. The molecule has 1 aliphatic heterocycles. The minimum atomic E-state index is -4.02. The second-order valence-electron chi connectivity index (χ2n) is 5.66. The first-order valence-electron chi connectivity index (χ1n) is 6.94. The highest BCUT2D eigenvalue weighted by atomic mass is 32.2. The number of hydrogen-bond donors (Lipinski definition) is 1. The van der Waals surface area contributed by atoms with Gasteiger partial charge in [-0.05, 0) is 18.2 Å². The largest absolute Gasteiger partial charge is 0.481 e. The molecule has 0 aliphatic carbocycles. The number of carboxylic acid groups (broad SMARTS) is 1. The van der Waals surface area contributed by atoms with Crippen molar-refractivity contribution in [3.05, 3.63) is 24.3 Å². The van der Waals surface area contributed by atoms with Crippen molar-refractivity contribution in [2.75, 3.05) is 32.1 Å². The summed E-state index contributed by atoms with van der Waals surface area (Å²) in [6.45, 7) is -1.15. The van der Waals surface area contributed by atoms with Gasteiger partial charge in [-0.1, -0.05) is 6.07 Å². The van der Waals surface area contributed by atoms with Gasteiger partial charge in [0.25, 0.3) is 5.92 Å². The predicted molar refractivity (Wildman–Crippen MR) is 80.2 cm³/mol. The molecule has 1 saturated heterocycles. The summed E-state index contributed by atoms with van der Waals surface area (Å²) < 4.78 is 53.3. The van der Waals surface area contributed by atoms with Crippen molar-refractivity contribution in [3.63, 3.8) is 0 Å². The van der Waals surface area contributed by atoms with Gasteiger partial charge in [0.15, 0.2) is 0 Å². The maximum Gasteiger partial charge on any atom is 0.313 e. The average molecular weight is 348 g/mol. The SMILES string of the molecule is CN(C)c1cccc(S(=O)(=O)N2CCC(F)(F)C(C(=O)O)C2)c1. The minimum absolute atomic E-state index is 0.0435. The van der Waals surface area contributed by atoms with Gasteiger partial charge in [-0.2, -0.15) is 4.31 Å². The predicted octanol–water partition coefficient (Wildman–Crippen LogP) is 1.48. The van der Waals surface area contributed by atoms with Crippen LogP contribution in [0.2, 0.25) is 0 Å². The van der Waals surface area contributed by atoms with Gasteiger partial charge >= 0.3 is 5.97 Å². The summed E-state index contributed by atoms with van der Waals surface area (Å²) in [5.41, 5.74) is 0.642. The van der Waals surface area contributed by atoms with Gasteiger partial charge in [-0.3, -0.25) is 4.79 Å². The fraction of sp³-hybridized carbons (Fsp3) is 0.500. The maximum absolute atomic E-state index is 13.6. The van der Waals surface area contributed by atoms with Crippen molar-refractivity contribution in [2.24, 2.45) is 5.92 Å². The van der Waals surface area contributed by atoms with Crippen molar-refractivity contribution in [1.29, 1.82) is 0 Å². The van der Waals surface area contributed by atoms with Crippen LogP contribution in [0.3, 0.4) is 0 Å². The van der Waals surface area contributed by atoms with E-state index in [0.717, 1.165) is 4.31 Å². The van der Waals surface area contributed by atoms with E-state index in [1.54, 1.807) is 31.1 Å². The molecule has 0 saturated carbocycles. The number of carboxylic acids is 1. The number of hydrogen-bond acceptors (Lipinski definition) is 4. The molecule has 1 N–H and O–H groups in total. The summed E-state index contributed by atoms with van der Waals surface area (Å²) in [5, 5.41) is 8.94. The number of piperidine rings is 1. The molecule has 2 rings (SSSR count). The molecule has 1 atom stereocenters. The van der Waals surface area contributed by atoms with Crippen LogP contribution >= 0.6 is 0 Å². The molecule has 1 aromatic carbocycles. The van der Waals surface area contributed by atoms with Crippen LogP contribution in [-0.2, 0) is 14.8 Å². The number of benzene rings is 1. The third-order valence-corrected chi connectivity index (χ3v) is 5.72. The lowest BCUT2D eigenvalue weighted by Crippen LogP contribution is -2.52. The van der Waals surface area contributed by atoms with Gasteiger partial charge in [0.1, 0.15) is 5.92 Å². The first-order valence-corrected chi connectivity index (χ1v) is 8.38. The number of aliphatic carboxylic acids is 1. The van der Waals surface area contributed by atoms with Gasteiger partial charge in [0.05, 0.1) is 4.90 Å². The lowest BCUT2D eigenvalue weighted by molar-refractivity contribution is -0.163. The minimum Gasteiger partial charge on any atom is -0.481 e. The number of rotatable bonds is 4. The van der Waals surface area contributed by atoms with E-state index in [0.29, 0.717) is 5.69 Å². The third kappa shape index (κ3) is 3.45. The number of nitrogens with zero attached hydrogens (tertiary/aromatic N) is 2. The smallest absolute Gasteiger partial charge is 0.313 e. The van der Waals surface area contributed by atoms with E-state index in [9.17, 15) is 22.0 Å². The Labute approximate surface area is 133 Å². The highest BCUT2D eigenvalue weighted by Crippen LogP contribution is 2.36. The molecule has 23 heavy (non-hydrogen) atoms. The molecule has 1 unspecified atom stereocenters. The van der Waals surface area contributed by atoms with E-state index in [1.807, 2.05) is 0 Å². The highest BCUT2D eigenvalue weighted by Gasteiger charge is 2.50. The maximum atomic E-state index is 13.6. The summed E-state index contributed by atoms with van der Waals surface area (Å²) in [6, 6.07) is 6.06. The standard InChI is InChI=1S/C14H18F2N2O4S/c1-17(2)10-4-3-5-11(8-10)23(21,22)18-7-6-14(15,16)12(9-18)13(19)20/h3-5,8,12H,6-7,9H2,1-2H3,(H,19,20). The van der Waals surface area contributed by atoms with Gasteiger partial charge < -0.3 is 10.0 Å². The van der Waals surface area contributed by atoms with Gasteiger partial charge in [-0.25, -0.2) is 17.2 Å². The van der Waals surface area contributed by atoms with E-state index in [2.05, 4.69) is 0 Å². The summed E-state index contributed by atoms with van der Waals surface area (Å²) in [4.78, 5) is 12.7. The van der Waals surface area contributed by atoms with Crippen molar-refractivity contribution in [2.45, 2.75) is 17.2 Å². The van der Waals surface area contributed by atoms with Gasteiger partial charge in [0.2, 0.25) is 10.0 Å². The number of alkyl halides is 2. The van der Waals surface area contributed by atoms with E-state index < -0.39 is 47.3 Å². The van der Waals surface area contributed by atoms with Crippen molar-refractivity contribution < 1.29 is 27.1 Å². The molecule has 1 aliphatic rings. The zero-order valence-corrected chi connectivity index (χ0v) is 13.6. The van der Waals surface area contributed by atoms with Gasteiger partial charge in [-0.15, -0.1) is 0 Å². The molecule has 9 heteroatoms. The molecular formula is C14H18F2N2O4S. The Kier molecular flexibility index (Phi) is 4.63. The van der Waals surface area contributed by atoms with E-state index in [1.165, 1.54) is 12.1 Å². The zero-order chi connectivity index (χ0) is 17.4. The van der Waals surface area contributed by atoms with Crippen molar-refractivity contribution in [3.8, 4) is 0 Å². The summed E-state index contributed by atoms with van der Waals surface area (Å²) >= 11 is 0. The summed E-state index contributed by atoms with van der Waals surface area (Å²) in [6.07, 6.45) is -0.809. The quantitative estimate of drug-likeness (QED) is 0.892. The number of anilines is 1. The molecule has 0 radical (unpaired) electrons. The fourth-order valence-corrected chi connectivity index (χ4v) is 3.92. The topological polar surface area (TPSA) is 77.9 Å². The lowest BCUT2D eigenvalue weighted by Gasteiger charge is -2.35. The molecule has 1 aromatic rings. The second kappa shape index (κ2) is 6.04. The molecule has 0 spiro atoms. The van der Waals surface area contributed by atoms with Gasteiger partial charge in [0, 0.05) is 39.3 Å². The Hall–Kier alpha value is -1.74. The normalized spacial score (nSPS) is 21.8. The lowest BCUT2D eigenvalue weighted by atomic mass is 9.95. The number of halogens is 2. The molecule has 6 nitrogen and oxygen atoms in total. The Bertz CT molecular complexity index is 706. The van der Waals surface area contributed by atoms with Crippen molar-refractivity contribution in [1.82, 2.24) is 4.31 Å². The van der Waals surface area contributed by atoms with E-state index in [4.69, 9.17) is 5.11 Å². The van der Waals surface area contributed by atoms with E-state index >= 15 is 0 Å². The van der Waals surface area contributed by atoms with Crippen LogP contribution in [0.5, 0.6) is 0 Å². The zero-order valence-electron chi connectivity index (χ0n) is 12.7. The van der Waals surface area contributed by atoms with Crippen LogP contribution in [0.15, 0.2) is 29.2 Å². The third-order valence-electron chi connectivity index (χ3n) is 3.86. The highest BCUT2D eigenvalue weighted by molar-refractivity contribution is 7.89. The molecular weight excluding hydrogens is 330 g/mol. The molecule has 0 bridgehead atoms. The Balaban J connectivity index is 2.33. The fourth-order valence-electron chi connectivity index (χ4n) is 2.42. The van der Waals surface area contributed by atoms with E-state index in [-0.39, 0.29) is 4.90 Å². The van der Waals surface area contributed by atoms with Crippen LogP contribution in [0.4, 0.5) is 14.5 Å². The molecule has 0 amide bonds. The molecule has 128 valence electrons. The van der Waals surface area contributed by atoms with Crippen LogP contribution in [0, 0.1) is 5.92 Å². The monoisotopic (exact) mass is 348 g/mol.